The highest BCUT2D eigenvalue weighted by atomic mass is 35.5. The fourth-order valence-electron chi connectivity index (χ4n) is 2.04. The van der Waals surface area contributed by atoms with Gasteiger partial charge in [0.2, 0.25) is 5.16 Å². The number of rotatable bonds is 6. The van der Waals surface area contributed by atoms with Crippen molar-refractivity contribution < 1.29 is 4.92 Å². The topological polar surface area (TPSA) is 86.2 Å². The van der Waals surface area contributed by atoms with Gasteiger partial charge in [0.25, 0.3) is 5.69 Å². The maximum Gasteiger partial charge on any atom is 0.278 e. The lowest BCUT2D eigenvalue weighted by Crippen LogP contribution is -1.96. The molecule has 9 heteroatoms. The molecule has 0 aliphatic rings. The van der Waals surface area contributed by atoms with Crippen molar-refractivity contribution in [1.82, 2.24) is 14.9 Å². The zero-order valence-corrected chi connectivity index (χ0v) is 14.4. The molecule has 0 saturated carbocycles. The summed E-state index contributed by atoms with van der Waals surface area (Å²) in [5.41, 5.74) is 1.37. The van der Waals surface area contributed by atoms with Crippen LogP contribution in [0.3, 0.4) is 0 Å². The van der Waals surface area contributed by atoms with Gasteiger partial charge in [0.05, 0.1) is 16.7 Å². The number of hydrogen-bond donors (Lipinski definition) is 0. The normalized spacial score (nSPS) is 11.1. The van der Waals surface area contributed by atoms with Crippen LogP contribution in [0.25, 0.3) is 0 Å². The van der Waals surface area contributed by atoms with Crippen molar-refractivity contribution in [3.63, 3.8) is 0 Å². The van der Waals surface area contributed by atoms with E-state index in [-0.39, 0.29) is 5.69 Å². The molecule has 25 heavy (non-hydrogen) atoms. The largest absolute Gasteiger partial charge is 0.278 e. The molecular weight excluding hydrogens is 362 g/mol. The summed E-state index contributed by atoms with van der Waals surface area (Å²) >= 11 is 7.57. The molecular formula is C16H12ClN5O2S. The average molecular weight is 374 g/mol. The van der Waals surface area contributed by atoms with Crippen molar-refractivity contribution in [3.8, 4) is 0 Å². The van der Waals surface area contributed by atoms with Gasteiger partial charge in [0.1, 0.15) is 6.33 Å². The van der Waals surface area contributed by atoms with Crippen LogP contribution in [0.15, 0.2) is 65.1 Å². The lowest BCUT2D eigenvalue weighted by atomic mass is 10.2. The first-order chi connectivity index (χ1) is 12.1. The Morgan fingerprint density at radius 3 is 2.80 bits per heavy atom. The van der Waals surface area contributed by atoms with Crippen LogP contribution in [0.1, 0.15) is 11.1 Å². The molecule has 0 radical (unpaired) electrons. The van der Waals surface area contributed by atoms with Crippen molar-refractivity contribution in [2.45, 2.75) is 10.9 Å². The quantitative estimate of drug-likeness (QED) is 0.282. The number of nitrogens with zero attached hydrogens (tertiary/aromatic N) is 5. The van der Waals surface area contributed by atoms with Gasteiger partial charge in [-0.25, -0.2) is 0 Å². The van der Waals surface area contributed by atoms with Crippen LogP contribution in [-0.4, -0.2) is 26.0 Å². The number of benzene rings is 2. The SMILES string of the molecule is O=[N+]([O-])c1ccccc1/C=N\n1cnnc1SCc1ccccc1Cl. The average Bonchev–Trinajstić information content (AvgIpc) is 3.07. The molecule has 126 valence electrons. The third kappa shape index (κ3) is 4.23. The summed E-state index contributed by atoms with van der Waals surface area (Å²) in [6.45, 7) is 0. The van der Waals surface area contributed by atoms with Crippen molar-refractivity contribution in [2.75, 3.05) is 0 Å². The molecule has 0 spiro atoms. The van der Waals surface area contributed by atoms with Crippen LogP contribution in [-0.2, 0) is 5.75 Å². The highest BCUT2D eigenvalue weighted by molar-refractivity contribution is 7.98. The van der Waals surface area contributed by atoms with E-state index in [2.05, 4.69) is 15.3 Å². The smallest absolute Gasteiger partial charge is 0.258 e. The number of nitro benzene ring substituents is 1. The Morgan fingerprint density at radius 1 is 1.24 bits per heavy atom. The van der Waals surface area contributed by atoms with Crippen molar-refractivity contribution in [3.05, 3.63) is 81.1 Å². The van der Waals surface area contributed by atoms with Crippen LogP contribution in [0.4, 0.5) is 5.69 Å². The molecule has 2 aromatic carbocycles. The molecule has 0 N–H and O–H groups in total. The number of halogens is 1. The molecule has 0 saturated heterocycles. The fraction of sp³-hybridized carbons (Fsp3) is 0.0625. The van der Waals surface area contributed by atoms with Gasteiger partial charge in [0.15, 0.2) is 0 Å². The number of aromatic nitrogens is 3. The van der Waals surface area contributed by atoms with Crippen LogP contribution < -0.4 is 0 Å². The van der Waals surface area contributed by atoms with Crippen LogP contribution in [0.5, 0.6) is 0 Å². The van der Waals surface area contributed by atoms with Crippen molar-refractivity contribution in [1.29, 1.82) is 0 Å². The second-order valence-corrected chi connectivity index (χ2v) is 6.25. The predicted octanol–water partition coefficient (Wildman–Crippen LogP) is 4.01. The summed E-state index contributed by atoms with van der Waals surface area (Å²) < 4.78 is 1.47. The van der Waals surface area contributed by atoms with Gasteiger partial charge in [-0.3, -0.25) is 10.1 Å². The molecule has 0 amide bonds. The number of thioether (sulfide) groups is 1. The first-order valence-electron chi connectivity index (χ1n) is 7.19. The van der Waals surface area contributed by atoms with E-state index in [1.807, 2.05) is 24.3 Å². The van der Waals surface area contributed by atoms with E-state index in [1.54, 1.807) is 18.2 Å². The van der Waals surface area contributed by atoms with E-state index in [4.69, 9.17) is 11.6 Å². The molecule has 0 fully saturated rings. The standard InChI is InChI=1S/C16H12ClN5O2S/c17-14-7-3-1-6-13(14)10-25-16-20-18-11-21(16)19-9-12-5-2-4-8-15(12)22(23)24/h1-9,11H,10H2/b19-9-. The van der Waals surface area contributed by atoms with E-state index < -0.39 is 4.92 Å². The van der Waals surface area contributed by atoms with E-state index in [1.165, 1.54) is 35.0 Å². The Bertz CT molecular complexity index is 928. The zero-order valence-electron chi connectivity index (χ0n) is 12.8. The lowest BCUT2D eigenvalue weighted by Gasteiger charge is -2.03. The van der Waals surface area contributed by atoms with Crippen molar-refractivity contribution >= 4 is 35.3 Å². The minimum Gasteiger partial charge on any atom is -0.258 e. The number of para-hydroxylation sites is 1. The third-order valence-corrected chi connectivity index (χ3v) is 4.62. The fourth-order valence-corrected chi connectivity index (χ4v) is 3.19. The minimum atomic E-state index is -0.444. The van der Waals surface area contributed by atoms with Gasteiger partial charge in [-0.1, -0.05) is 53.7 Å². The number of hydrogen-bond acceptors (Lipinski definition) is 6. The lowest BCUT2D eigenvalue weighted by molar-refractivity contribution is -0.385. The summed E-state index contributed by atoms with van der Waals surface area (Å²) in [7, 11) is 0. The first kappa shape index (κ1) is 17.1. The summed E-state index contributed by atoms with van der Waals surface area (Å²) in [4.78, 5) is 10.6. The zero-order chi connectivity index (χ0) is 17.6. The van der Waals surface area contributed by atoms with E-state index in [9.17, 15) is 10.1 Å². The Balaban J connectivity index is 1.76. The Hall–Kier alpha value is -2.71. The highest BCUT2D eigenvalue weighted by Crippen LogP contribution is 2.25. The molecule has 0 bridgehead atoms. The van der Waals surface area contributed by atoms with Gasteiger partial charge in [-0.05, 0) is 17.7 Å². The Morgan fingerprint density at radius 2 is 2.00 bits per heavy atom. The summed E-state index contributed by atoms with van der Waals surface area (Å²) in [5, 5.41) is 24.4. The maximum atomic E-state index is 11.0. The predicted molar refractivity (Wildman–Crippen MR) is 97.1 cm³/mol. The molecule has 0 unspecified atom stereocenters. The van der Waals surface area contributed by atoms with Crippen molar-refractivity contribution in [2.24, 2.45) is 5.10 Å². The minimum absolute atomic E-state index is 0.00963. The van der Waals surface area contributed by atoms with Crippen LogP contribution in [0.2, 0.25) is 5.02 Å². The first-order valence-corrected chi connectivity index (χ1v) is 8.55. The second kappa shape index (κ2) is 7.91. The maximum absolute atomic E-state index is 11.0. The molecule has 0 aliphatic heterocycles. The van der Waals surface area contributed by atoms with Crippen LogP contribution >= 0.6 is 23.4 Å². The molecule has 0 aliphatic carbocycles. The van der Waals surface area contributed by atoms with E-state index >= 15 is 0 Å². The van der Waals surface area contributed by atoms with Gasteiger partial charge in [-0.2, -0.15) is 9.78 Å². The molecule has 3 rings (SSSR count). The molecule has 3 aromatic rings. The Kier molecular flexibility index (Phi) is 5.42. The summed E-state index contributed by atoms with van der Waals surface area (Å²) in [6, 6.07) is 13.9. The van der Waals surface area contributed by atoms with Crippen LogP contribution in [0, 0.1) is 10.1 Å². The highest BCUT2D eigenvalue weighted by Gasteiger charge is 2.11. The molecule has 7 nitrogen and oxygen atoms in total. The summed E-state index contributed by atoms with van der Waals surface area (Å²) in [5.74, 6) is 0.610. The molecule has 0 atom stereocenters. The van der Waals surface area contributed by atoms with Gasteiger partial charge < -0.3 is 0 Å². The monoisotopic (exact) mass is 373 g/mol. The molecule has 1 heterocycles. The molecule has 1 aromatic heterocycles. The summed E-state index contributed by atoms with van der Waals surface area (Å²) in [6.07, 6.45) is 2.86. The van der Waals surface area contributed by atoms with E-state index in [0.29, 0.717) is 21.5 Å². The second-order valence-electron chi connectivity index (χ2n) is 4.90. The van der Waals surface area contributed by atoms with Gasteiger partial charge in [-0.15, -0.1) is 10.2 Å². The van der Waals surface area contributed by atoms with Gasteiger partial charge in [0, 0.05) is 16.8 Å². The Labute approximate surface area is 152 Å². The van der Waals surface area contributed by atoms with Gasteiger partial charge >= 0.3 is 0 Å². The number of nitro groups is 1. The van der Waals surface area contributed by atoms with E-state index in [0.717, 1.165) is 5.56 Å². The third-order valence-electron chi connectivity index (χ3n) is 3.27.